The Kier molecular flexibility index (Phi) is 6.95. The van der Waals surface area contributed by atoms with Gasteiger partial charge in [0.2, 0.25) is 5.91 Å². The van der Waals surface area contributed by atoms with Gasteiger partial charge in [-0.25, -0.2) is 4.79 Å². The zero-order valence-corrected chi connectivity index (χ0v) is 16.6. The Labute approximate surface area is 174 Å². The van der Waals surface area contributed by atoms with E-state index in [1.807, 2.05) is 30.3 Å². The van der Waals surface area contributed by atoms with Crippen LogP contribution >= 0.6 is 0 Å². The van der Waals surface area contributed by atoms with Crippen molar-refractivity contribution in [2.75, 3.05) is 17.7 Å². The minimum Gasteiger partial charge on any atom is -0.465 e. The first-order chi connectivity index (χ1) is 14.6. The first-order valence-corrected chi connectivity index (χ1v) is 9.49. The summed E-state index contributed by atoms with van der Waals surface area (Å²) in [5.41, 5.74) is 2.59. The molecule has 0 aliphatic carbocycles. The molecule has 0 aliphatic heterocycles. The summed E-state index contributed by atoms with van der Waals surface area (Å²) < 4.78 is 4.74. The Morgan fingerprint density at radius 1 is 0.833 bits per heavy atom. The van der Waals surface area contributed by atoms with E-state index in [-0.39, 0.29) is 11.5 Å². The first kappa shape index (κ1) is 20.8. The molecule has 0 heterocycles. The van der Waals surface area contributed by atoms with Gasteiger partial charge in [0, 0.05) is 17.7 Å². The smallest absolute Gasteiger partial charge is 0.339 e. The van der Waals surface area contributed by atoms with E-state index in [4.69, 9.17) is 4.74 Å². The summed E-state index contributed by atoms with van der Waals surface area (Å²) in [7, 11) is 1.28. The molecule has 2 N–H and O–H groups in total. The van der Waals surface area contributed by atoms with Gasteiger partial charge in [-0.2, -0.15) is 0 Å². The lowest BCUT2D eigenvalue weighted by Crippen LogP contribution is -2.16. The van der Waals surface area contributed by atoms with Crippen molar-refractivity contribution in [3.63, 3.8) is 0 Å². The molecule has 30 heavy (non-hydrogen) atoms. The fourth-order valence-corrected chi connectivity index (χ4v) is 2.94. The monoisotopic (exact) mass is 402 g/mol. The second kappa shape index (κ2) is 10.0. The Morgan fingerprint density at radius 3 is 2.33 bits per heavy atom. The van der Waals surface area contributed by atoms with Crippen molar-refractivity contribution in [3.05, 3.63) is 95.6 Å². The van der Waals surface area contributed by atoms with Crippen molar-refractivity contribution in [1.82, 2.24) is 0 Å². The summed E-state index contributed by atoms with van der Waals surface area (Å²) >= 11 is 0. The van der Waals surface area contributed by atoms with Crippen LogP contribution in [0.1, 0.15) is 32.7 Å². The van der Waals surface area contributed by atoms with Gasteiger partial charge in [0.25, 0.3) is 5.91 Å². The van der Waals surface area contributed by atoms with Gasteiger partial charge in [0.05, 0.1) is 18.4 Å². The molecule has 3 aromatic carbocycles. The SMILES string of the molecule is COC(=O)c1ccccc1NC(=O)c1cccc(NC(=O)CCc2ccccc2)c1. The number of para-hydroxylation sites is 1. The number of methoxy groups -OCH3 is 1. The quantitative estimate of drug-likeness (QED) is 0.577. The van der Waals surface area contributed by atoms with Crippen LogP contribution in [0, 0.1) is 0 Å². The van der Waals surface area contributed by atoms with Crippen molar-refractivity contribution in [2.45, 2.75) is 12.8 Å². The van der Waals surface area contributed by atoms with Crippen LogP contribution in [0.2, 0.25) is 0 Å². The molecule has 0 aliphatic rings. The van der Waals surface area contributed by atoms with Gasteiger partial charge in [0.1, 0.15) is 0 Å². The summed E-state index contributed by atoms with van der Waals surface area (Å²) in [6.07, 6.45) is 0.976. The van der Waals surface area contributed by atoms with Crippen molar-refractivity contribution in [1.29, 1.82) is 0 Å². The van der Waals surface area contributed by atoms with Gasteiger partial charge in [0.15, 0.2) is 0 Å². The van der Waals surface area contributed by atoms with Crippen LogP contribution in [0.5, 0.6) is 0 Å². The standard InChI is InChI=1S/C24H22N2O4/c1-30-24(29)20-12-5-6-13-21(20)26-23(28)18-10-7-11-19(16-18)25-22(27)15-14-17-8-3-2-4-9-17/h2-13,16H,14-15H2,1H3,(H,25,27)(H,26,28). The number of amides is 2. The number of carbonyl (C=O) groups excluding carboxylic acids is 3. The van der Waals surface area contributed by atoms with Gasteiger partial charge in [-0.15, -0.1) is 0 Å². The number of hydrogen-bond acceptors (Lipinski definition) is 4. The fraction of sp³-hybridized carbons (Fsp3) is 0.125. The number of aryl methyl sites for hydroxylation is 1. The lowest BCUT2D eigenvalue weighted by molar-refractivity contribution is -0.116. The summed E-state index contributed by atoms with van der Waals surface area (Å²) in [6.45, 7) is 0. The maximum absolute atomic E-state index is 12.7. The van der Waals surface area contributed by atoms with Crippen LogP contribution in [-0.4, -0.2) is 24.9 Å². The van der Waals surface area contributed by atoms with Gasteiger partial charge >= 0.3 is 5.97 Å². The van der Waals surface area contributed by atoms with Crippen LogP contribution in [0.15, 0.2) is 78.9 Å². The van der Waals surface area contributed by atoms with E-state index in [9.17, 15) is 14.4 Å². The molecule has 6 nitrogen and oxygen atoms in total. The molecule has 0 radical (unpaired) electrons. The van der Waals surface area contributed by atoms with Gasteiger partial charge in [-0.1, -0.05) is 48.5 Å². The van der Waals surface area contributed by atoms with E-state index in [0.29, 0.717) is 29.8 Å². The second-order valence-corrected chi connectivity index (χ2v) is 6.61. The third-order valence-electron chi connectivity index (χ3n) is 4.47. The highest BCUT2D eigenvalue weighted by Gasteiger charge is 2.15. The van der Waals surface area contributed by atoms with Crippen LogP contribution < -0.4 is 10.6 Å². The van der Waals surface area contributed by atoms with E-state index in [1.54, 1.807) is 48.5 Å². The number of ether oxygens (including phenoxy) is 1. The Bertz CT molecular complexity index is 1050. The Morgan fingerprint density at radius 2 is 1.57 bits per heavy atom. The minimum atomic E-state index is -0.537. The summed E-state index contributed by atoms with van der Waals surface area (Å²) in [6, 6.07) is 23.0. The molecule has 0 spiro atoms. The van der Waals surface area contributed by atoms with E-state index in [2.05, 4.69) is 10.6 Å². The molecule has 0 saturated heterocycles. The fourth-order valence-electron chi connectivity index (χ4n) is 2.94. The molecule has 0 aromatic heterocycles. The first-order valence-electron chi connectivity index (χ1n) is 9.49. The normalized spacial score (nSPS) is 10.2. The number of carbonyl (C=O) groups is 3. The molecule has 0 bridgehead atoms. The van der Waals surface area contributed by atoms with Gasteiger partial charge in [-0.3, -0.25) is 9.59 Å². The maximum atomic E-state index is 12.7. The lowest BCUT2D eigenvalue weighted by atomic mass is 10.1. The van der Waals surface area contributed by atoms with E-state index < -0.39 is 11.9 Å². The topological polar surface area (TPSA) is 84.5 Å². The Balaban J connectivity index is 1.64. The van der Waals surface area contributed by atoms with E-state index in [0.717, 1.165) is 5.56 Å². The van der Waals surface area contributed by atoms with E-state index >= 15 is 0 Å². The zero-order chi connectivity index (χ0) is 21.3. The molecule has 3 aromatic rings. The number of benzene rings is 3. The van der Waals surface area contributed by atoms with E-state index in [1.165, 1.54) is 7.11 Å². The molecule has 152 valence electrons. The minimum absolute atomic E-state index is 0.132. The highest BCUT2D eigenvalue weighted by molar-refractivity contribution is 6.08. The molecule has 0 fully saturated rings. The summed E-state index contributed by atoms with van der Waals surface area (Å²) in [5, 5.41) is 5.53. The summed E-state index contributed by atoms with van der Waals surface area (Å²) in [5.74, 6) is -1.07. The third kappa shape index (κ3) is 5.54. The Hall–Kier alpha value is -3.93. The molecular weight excluding hydrogens is 380 g/mol. The molecule has 0 atom stereocenters. The van der Waals surface area contributed by atoms with Crippen LogP contribution in [0.4, 0.5) is 11.4 Å². The summed E-state index contributed by atoms with van der Waals surface area (Å²) in [4.78, 5) is 36.8. The van der Waals surface area contributed by atoms with Crippen LogP contribution in [-0.2, 0) is 16.0 Å². The lowest BCUT2D eigenvalue weighted by Gasteiger charge is -2.11. The van der Waals surface area contributed by atoms with Crippen LogP contribution in [0.25, 0.3) is 0 Å². The largest absolute Gasteiger partial charge is 0.465 e. The third-order valence-corrected chi connectivity index (χ3v) is 4.47. The average Bonchev–Trinajstić information content (AvgIpc) is 2.78. The van der Waals surface area contributed by atoms with Crippen molar-refractivity contribution in [2.24, 2.45) is 0 Å². The second-order valence-electron chi connectivity index (χ2n) is 6.61. The highest BCUT2D eigenvalue weighted by Crippen LogP contribution is 2.18. The predicted octanol–water partition coefficient (Wildman–Crippen LogP) is 4.30. The van der Waals surface area contributed by atoms with Crippen molar-refractivity contribution < 1.29 is 19.1 Å². The molecular formula is C24H22N2O4. The highest BCUT2D eigenvalue weighted by atomic mass is 16.5. The van der Waals surface area contributed by atoms with Crippen molar-refractivity contribution in [3.8, 4) is 0 Å². The number of esters is 1. The number of rotatable bonds is 7. The molecule has 6 heteroatoms. The average molecular weight is 402 g/mol. The predicted molar refractivity (Wildman–Crippen MR) is 116 cm³/mol. The molecule has 2 amide bonds. The molecule has 0 saturated carbocycles. The molecule has 3 rings (SSSR count). The van der Waals surface area contributed by atoms with Gasteiger partial charge in [-0.05, 0) is 42.3 Å². The number of hydrogen-bond donors (Lipinski definition) is 2. The zero-order valence-electron chi connectivity index (χ0n) is 16.6. The van der Waals surface area contributed by atoms with Gasteiger partial charge < -0.3 is 15.4 Å². The van der Waals surface area contributed by atoms with Crippen LogP contribution in [0.3, 0.4) is 0 Å². The van der Waals surface area contributed by atoms with Crippen molar-refractivity contribution >= 4 is 29.2 Å². The number of nitrogens with one attached hydrogen (secondary N) is 2. The number of anilines is 2. The molecule has 0 unspecified atom stereocenters. The maximum Gasteiger partial charge on any atom is 0.339 e.